The van der Waals surface area contributed by atoms with Gasteiger partial charge in [0.1, 0.15) is 5.82 Å². The number of hydrogen-bond acceptors (Lipinski definition) is 3. The van der Waals surface area contributed by atoms with Gasteiger partial charge >= 0.3 is 0 Å². The van der Waals surface area contributed by atoms with Crippen LogP contribution in [0.1, 0.15) is 31.7 Å². The van der Waals surface area contributed by atoms with Crippen molar-refractivity contribution in [2.45, 2.75) is 38.3 Å². The molecule has 0 aromatic heterocycles. The van der Waals surface area contributed by atoms with Gasteiger partial charge in [0.2, 0.25) is 0 Å². The first-order valence-electron chi connectivity index (χ1n) is 8.56. The molecular weight excluding hydrogens is 277 g/mol. The molecule has 0 bridgehead atoms. The van der Waals surface area contributed by atoms with Crippen molar-refractivity contribution >= 4 is 0 Å². The zero-order chi connectivity index (χ0) is 15.7. The zero-order valence-electron chi connectivity index (χ0n) is 13.7. The average Bonchev–Trinajstić information content (AvgIpc) is 2.89. The molecule has 1 aromatic rings. The molecule has 0 radical (unpaired) electrons. The molecule has 2 aliphatic heterocycles. The number of rotatable bonds is 3. The van der Waals surface area contributed by atoms with Crippen molar-refractivity contribution < 1.29 is 4.39 Å². The number of benzene rings is 1. The molecule has 2 aliphatic rings. The van der Waals surface area contributed by atoms with Gasteiger partial charge in [0, 0.05) is 37.6 Å². The summed E-state index contributed by atoms with van der Waals surface area (Å²) in [6, 6.07) is 7.68. The van der Waals surface area contributed by atoms with Gasteiger partial charge in [-0.25, -0.2) is 4.39 Å². The standard InChI is InChI=1S/C18H28FN3/c1-3-21-9-8-18(13(2)10-21)22-11-16(17(20)12-22)14-4-6-15(19)7-5-14/h4-7,13,16-18H,3,8-12,20H2,1-2H3. The number of halogens is 1. The molecule has 3 nitrogen and oxygen atoms in total. The van der Waals surface area contributed by atoms with Crippen LogP contribution in [-0.4, -0.2) is 54.6 Å². The summed E-state index contributed by atoms with van der Waals surface area (Å²) in [5.74, 6) is 0.845. The van der Waals surface area contributed by atoms with Crippen LogP contribution in [0.4, 0.5) is 4.39 Å². The Morgan fingerprint density at radius 1 is 1.18 bits per heavy atom. The first kappa shape index (κ1) is 15.9. The van der Waals surface area contributed by atoms with Crippen LogP contribution in [0.5, 0.6) is 0 Å². The Labute approximate surface area is 133 Å². The Balaban J connectivity index is 1.66. The maximum atomic E-state index is 13.1. The normalized spacial score (nSPS) is 34.2. The molecule has 4 atom stereocenters. The third-order valence-corrected chi connectivity index (χ3v) is 5.55. The van der Waals surface area contributed by atoms with Crippen molar-refractivity contribution in [1.82, 2.24) is 9.80 Å². The Morgan fingerprint density at radius 3 is 2.55 bits per heavy atom. The Bertz CT molecular complexity index is 490. The molecule has 0 aliphatic carbocycles. The van der Waals surface area contributed by atoms with Crippen molar-refractivity contribution in [3.05, 3.63) is 35.6 Å². The summed E-state index contributed by atoms with van der Waals surface area (Å²) in [6.45, 7) is 10.1. The Kier molecular flexibility index (Phi) is 4.81. The number of hydrogen-bond donors (Lipinski definition) is 1. The molecule has 2 saturated heterocycles. The van der Waals surface area contributed by atoms with Gasteiger partial charge in [0.25, 0.3) is 0 Å². The zero-order valence-corrected chi connectivity index (χ0v) is 13.7. The fourth-order valence-electron chi connectivity index (χ4n) is 4.24. The highest BCUT2D eigenvalue weighted by Crippen LogP contribution is 2.32. The topological polar surface area (TPSA) is 32.5 Å². The van der Waals surface area contributed by atoms with Crippen LogP contribution in [0.25, 0.3) is 0 Å². The van der Waals surface area contributed by atoms with E-state index in [1.807, 2.05) is 12.1 Å². The second-order valence-corrected chi connectivity index (χ2v) is 7.00. The van der Waals surface area contributed by atoms with E-state index in [4.69, 9.17) is 5.73 Å². The van der Waals surface area contributed by atoms with E-state index < -0.39 is 0 Å². The minimum atomic E-state index is -0.173. The van der Waals surface area contributed by atoms with Crippen molar-refractivity contribution in [3.8, 4) is 0 Å². The minimum absolute atomic E-state index is 0.155. The molecule has 3 rings (SSSR count). The summed E-state index contributed by atoms with van der Waals surface area (Å²) in [6.07, 6.45) is 1.23. The summed E-state index contributed by atoms with van der Waals surface area (Å²) < 4.78 is 13.1. The van der Waals surface area contributed by atoms with E-state index in [0.29, 0.717) is 17.9 Å². The van der Waals surface area contributed by atoms with Gasteiger partial charge in [-0.15, -0.1) is 0 Å². The molecule has 1 aromatic carbocycles. The van der Waals surface area contributed by atoms with E-state index in [9.17, 15) is 4.39 Å². The summed E-state index contributed by atoms with van der Waals surface area (Å²) >= 11 is 0. The number of likely N-dealkylation sites (tertiary alicyclic amines) is 2. The van der Waals surface area contributed by atoms with E-state index in [1.54, 1.807) is 12.1 Å². The molecular formula is C18H28FN3. The van der Waals surface area contributed by atoms with Crippen molar-refractivity contribution in [2.75, 3.05) is 32.7 Å². The first-order valence-corrected chi connectivity index (χ1v) is 8.56. The molecule has 4 unspecified atom stereocenters. The lowest BCUT2D eigenvalue weighted by atomic mass is 9.92. The maximum absolute atomic E-state index is 13.1. The summed E-state index contributed by atoms with van der Waals surface area (Å²) in [4.78, 5) is 5.12. The number of nitrogens with zero attached hydrogens (tertiary/aromatic N) is 2. The number of nitrogens with two attached hydrogens (primary N) is 1. The molecule has 0 spiro atoms. The van der Waals surface area contributed by atoms with Gasteiger partial charge in [-0.05, 0) is 43.1 Å². The van der Waals surface area contributed by atoms with Crippen molar-refractivity contribution in [3.63, 3.8) is 0 Å². The summed E-state index contributed by atoms with van der Waals surface area (Å²) in [7, 11) is 0. The van der Waals surface area contributed by atoms with Gasteiger partial charge in [-0.2, -0.15) is 0 Å². The quantitative estimate of drug-likeness (QED) is 0.930. The molecule has 2 N–H and O–H groups in total. The van der Waals surface area contributed by atoms with E-state index in [1.165, 1.54) is 25.1 Å². The minimum Gasteiger partial charge on any atom is -0.326 e. The van der Waals surface area contributed by atoms with E-state index in [2.05, 4.69) is 23.6 Å². The highest BCUT2D eigenvalue weighted by Gasteiger charge is 2.38. The Hall–Kier alpha value is -0.970. The number of piperidine rings is 1. The van der Waals surface area contributed by atoms with Crippen molar-refractivity contribution in [2.24, 2.45) is 11.7 Å². The predicted octanol–water partition coefficient (Wildman–Crippen LogP) is 2.28. The second kappa shape index (κ2) is 6.65. The van der Waals surface area contributed by atoms with Crippen LogP contribution in [0.15, 0.2) is 24.3 Å². The van der Waals surface area contributed by atoms with Gasteiger partial charge in [-0.3, -0.25) is 4.90 Å². The molecule has 4 heteroatoms. The molecule has 0 saturated carbocycles. The van der Waals surface area contributed by atoms with E-state index in [-0.39, 0.29) is 11.9 Å². The largest absolute Gasteiger partial charge is 0.326 e. The monoisotopic (exact) mass is 305 g/mol. The van der Waals surface area contributed by atoms with Crippen LogP contribution in [0, 0.1) is 11.7 Å². The van der Waals surface area contributed by atoms with Crippen LogP contribution in [0.3, 0.4) is 0 Å². The van der Waals surface area contributed by atoms with Crippen LogP contribution < -0.4 is 5.73 Å². The lowest BCUT2D eigenvalue weighted by molar-refractivity contribution is 0.0804. The SMILES string of the molecule is CCN1CCC(N2CC(N)C(c3ccc(F)cc3)C2)C(C)C1. The Morgan fingerprint density at radius 2 is 1.91 bits per heavy atom. The van der Waals surface area contributed by atoms with Crippen LogP contribution >= 0.6 is 0 Å². The molecule has 0 amide bonds. The fraction of sp³-hybridized carbons (Fsp3) is 0.667. The summed E-state index contributed by atoms with van der Waals surface area (Å²) in [5, 5.41) is 0. The lowest BCUT2D eigenvalue weighted by Crippen LogP contribution is -2.49. The summed E-state index contributed by atoms with van der Waals surface area (Å²) in [5.41, 5.74) is 7.58. The molecule has 2 heterocycles. The third kappa shape index (κ3) is 3.19. The predicted molar refractivity (Wildman–Crippen MR) is 88.4 cm³/mol. The van der Waals surface area contributed by atoms with Crippen LogP contribution in [0.2, 0.25) is 0 Å². The second-order valence-electron chi connectivity index (χ2n) is 7.00. The highest BCUT2D eigenvalue weighted by molar-refractivity contribution is 5.24. The van der Waals surface area contributed by atoms with Gasteiger partial charge in [-0.1, -0.05) is 26.0 Å². The van der Waals surface area contributed by atoms with E-state index >= 15 is 0 Å². The first-order chi connectivity index (χ1) is 10.6. The van der Waals surface area contributed by atoms with Crippen molar-refractivity contribution in [1.29, 1.82) is 0 Å². The maximum Gasteiger partial charge on any atom is 0.123 e. The molecule has 22 heavy (non-hydrogen) atoms. The van der Waals surface area contributed by atoms with E-state index in [0.717, 1.165) is 19.6 Å². The molecule has 122 valence electrons. The fourth-order valence-corrected chi connectivity index (χ4v) is 4.24. The van der Waals surface area contributed by atoms with Gasteiger partial charge < -0.3 is 10.6 Å². The average molecular weight is 305 g/mol. The molecule has 2 fully saturated rings. The van der Waals surface area contributed by atoms with Gasteiger partial charge in [0.05, 0.1) is 0 Å². The third-order valence-electron chi connectivity index (χ3n) is 5.55. The smallest absolute Gasteiger partial charge is 0.123 e. The highest BCUT2D eigenvalue weighted by atomic mass is 19.1. The van der Waals surface area contributed by atoms with Gasteiger partial charge in [0.15, 0.2) is 0 Å². The van der Waals surface area contributed by atoms with Crippen LogP contribution in [-0.2, 0) is 0 Å². The lowest BCUT2D eigenvalue weighted by Gasteiger charge is -2.41.